The number of methoxy groups -OCH3 is 3. The number of rotatable bonds is 10. The standard InChI is InChI=1S/C21H24ClNO5S/c1-26-18-8-16(9-19(10-18)27-2)11-23(12-21(25)28-3)20(24)14-29-13-15-5-4-6-17(22)7-15/h4-10H,11-14H2,1-3H3. The molecule has 0 aliphatic heterocycles. The number of carbonyl (C=O) groups excluding carboxylic acids is 2. The molecule has 0 spiro atoms. The average Bonchev–Trinajstić information content (AvgIpc) is 2.72. The van der Waals surface area contributed by atoms with E-state index in [0.29, 0.717) is 22.3 Å². The second-order valence-corrected chi connectivity index (χ2v) is 7.59. The molecule has 0 N–H and O–H groups in total. The highest BCUT2D eigenvalue weighted by Crippen LogP contribution is 2.24. The van der Waals surface area contributed by atoms with Crippen LogP contribution in [0.15, 0.2) is 42.5 Å². The molecule has 156 valence electrons. The SMILES string of the molecule is COC(=O)CN(Cc1cc(OC)cc(OC)c1)C(=O)CSCc1cccc(Cl)c1. The maximum atomic E-state index is 12.8. The number of benzene rings is 2. The van der Waals surface area contributed by atoms with Crippen molar-refractivity contribution in [1.29, 1.82) is 0 Å². The molecule has 0 bridgehead atoms. The number of esters is 1. The van der Waals surface area contributed by atoms with Gasteiger partial charge in [0, 0.05) is 23.4 Å². The zero-order valence-corrected chi connectivity index (χ0v) is 18.2. The Kier molecular flexibility index (Phi) is 9.15. The fourth-order valence-corrected chi connectivity index (χ4v) is 3.69. The van der Waals surface area contributed by atoms with Gasteiger partial charge in [0.15, 0.2) is 0 Å². The fraction of sp³-hybridized carbons (Fsp3) is 0.333. The van der Waals surface area contributed by atoms with E-state index in [9.17, 15) is 9.59 Å². The van der Waals surface area contributed by atoms with Crippen LogP contribution >= 0.6 is 23.4 Å². The molecule has 2 aromatic rings. The minimum atomic E-state index is -0.479. The van der Waals surface area contributed by atoms with Crippen LogP contribution in [0.4, 0.5) is 0 Å². The predicted octanol–water partition coefficient (Wildman–Crippen LogP) is 3.79. The minimum Gasteiger partial charge on any atom is -0.497 e. The summed E-state index contributed by atoms with van der Waals surface area (Å²) in [5, 5.41) is 0.661. The maximum Gasteiger partial charge on any atom is 0.325 e. The lowest BCUT2D eigenvalue weighted by atomic mass is 10.2. The van der Waals surface area contributed by atoms with Gasteiger partial charge in [-0.2, -0.15) is 0 Å². The van der Waals surface area contributed by atoms with Gasteiger partial charge in [0.05, 0.1) is 27.1 Å². The van der Waals surface area contributed by atoms with Crippen LogP contribution in [0.2, 0.25) is 5.02 Å². The zero-order chi connectivity index (χ0) is 21.2. The highest BCUT2D eigenvalue weighted by atomic mass is 35.5. The second kappa shape index (κ2) is 11.6. The van der Waals surface area contributed by atoms with Gasteiger partial charge < -0.3 is 19.1 Å². The molecule has 6 nitrogen and oxygen atoms in total. The lowest BCUT2D eigenvalue weighted by Gasteiger charge is -2.22. The van der Waals surface area contributed by atoms with Crippen molar-refractivity contribution in [3.63, 3.8) is 0 Å². The van der Waals surface area contributed by atoms with Crippen molar-refractivity contribution in [2.45, 2.75) is 12.3 Å². The van der Waals surface area contributed by atoms with Gasteiger partial charge in [0.2, 0.25) is 5.91 Å². The van der Waals surface area contributed by atoms with Crippen LogP contribution in [0.25, 0.3) is 0 Å². The summed E-state index contributed by atoms with van der Waals surface area (Å²) in [5.41, 5.74) is 1.82. The van der Waals surface area contributed by atoms with Gasteiger partial charge in [-0.3, -0.25) is 9.59 Å². The number of hydrogen-bond donors (Lipinski definition) is 0. The molecule has 1 amide bonds. The molecule has 2 rings (SSSR count). The Hall–Kier alpha value is -2.38. The summed E-state index contributed by atoms with van der Waals surface area (Å²) in [6, 6.07) is 12.9. The summed E-state index contributed by atoms with van der Waals surface area (Å²) in [4.78, 5) is 26.0. The normalized spacial score (nSPS) is 10.3. The molecule has 0 saturated heterocycles. The topological polar surface area (TPSA) is 65.1 Å². The molecule has 0 aliphatic carbocycles. The molecule has 2 aromatic carbocycles. The molecular formula is C21H24ClNO5S. The molecule has 0 radical (unpaired) electrons. The average molecular weight is 438 g/mol. The van der Waals surface area contributed by atoms with Gasteiger partial charge in [-0.25, -0.2) is 0 Å². The fourth-order valence-electron chi connectivity index (χ4n) is 2.60. The van der Waals surface area contributed by atoms with Crippen LogP contribution in [-0.4, -0.2) is 50.4 Å². The van der Waals surface area contributed by atoms with Gasteiger partial charge in [-0.05, 0) is 35.4 Å². The van der Waals surface area contributed by atoms with E-state index >= 15 is 0 Å². The van der Waals surface area contributed by atoms with Crippen LogP contribution in [0.5, 0.6) is 11.5 Å². The van der Waals surface area contributed by atoms with E-state index in [4.69, 9.17) is 25.8 Å². The van der Waals surface area contributed by atoms with Crippen molar-refractivity contribution in [1.82, 2.24) is 4.90 Å². The van der Waals surface area contributed by atoms with E-state index in [2.05, 4.69) is 0 Å². The first kappa shape index (κ1) is 22.9. The summed E-state index contributed by atoms with van der Waals surface area (Å²) >= 11 is 7.45. The Morgan fingerprint density at radius 2 is 1.69 bits per heavy atom. The largest absolute Gasteiger partial charge is 0.497 e. The highest BCUT2D eigenvalue weighted by Gasteiger charge is 2.19. The second-order valence-electron chi connectivity index (χ2n) is 6.17. The zero-order valence-electron chi connectivity index (χ0n) is 16.6. The number of halogens is 1. The molecule has 0 aliphatic rings. The first-order valence-corrected chi connectivity index (χ1v) is 10.4. The molecular weight excluding hydrogens is 414 g/mol. The van der Waals surface area contributed by atoms with Gasteiger partial charge in [0.1, 0.15) is 18.0 Å². The van der Waals surface area contributed by atoms with Crippen LogP contribution < -0.4 is 9.47 Å². The third kappa shape index (κ3) is 7.51. The summed E-state index contributed by atoms with van der Waals surface area (Å²) in [7, 11) is 4.41. The molecule has 0 atom stereocenters. The minimum absolute atomic E-state index is 0.132. The number of thioether (sulfide) groups is 1. The lowest BCUT2D eigenvalue weighted by Crippen LogP contribution is -2.36. The van der Waals surface area contributed by atoms with Crippen molar-refractivity contribution in [3.05, 3.63) is 58.6 Å². The molecule has 0 heterocycles. The van der Waals surface area contributed by atoms with Gasteiger partial charge in [0.25, 0.3) is 0 Å². The Bertz CT molecular complexity index is 823. The number of nitrogens with zero attached hydrogens (tertiary/aromatic N) is 1. The van der Waals surface area contributed by atoms with Crippen molar-refractivity contribution in [2.24, 2.45) is 0 Å². The van der Waals surface area contributed by atoms with E-state index < -0.39 is 5.97 Å². The molecule has 0 aromatic heterocycles. The van der Waals surface area contributed by atoms with Crippen molar-refractivity contribution in [3.8, 4) is 11.5 Å². The third-order valence-electron chi connectivity index (χ3n) is 4.07. The summed E-state index contributed by atoms with van der Waals surface area (Å²) in [5.74, 6) is 1.45. The Balaban J connectivity index is 2.06. The van der Waals surface area contributed by atoms with Crippen molar-refractivity contribution < 1.29 is 23.8 Å². The number of ether oxygens (including phenoxy) is 3. The first-order chi connectivity index (χ1) is 13.9. The number of amides is 1. The van der Waals surface area contributed by atoms with Crippen LogP contribution in [0, 0.1) is 0 Å². The van der Waals surface area contributed by atoms with Crippen LogP contribution in [0.3, 0.4) is 0 Å². The molecule has 0 unspecified atom stereocenters. The smallest absolute Gasteiger partial charge is 0.325 e. The molecule has 0 fully saturated rings. The van der Waals surface area contributed by atoms with Gasteiger partial charge in [-0.15, -0.1) is 11.8 Å². The molecule has 29 heavy (non-hydrogen) atoms. The quantitative estimate of drug-likeness (QED) is 0.527. The van der Waals surface area contributed by atoms with Crippen molar-refractivity contribution in [2.75, 3.05) is 33.6 Å². The Morgan fingerprint density at radius 3 is 2.28 bits per heavy atom. The molecule has 8 heteroatoms. The van der Waals surface area contributed by atoms with Crippen LogP contribution in [-0.2, 0) is 26.6 Å². The van der Waals surface area contributed by atoms with E-state index in [1.807, 2.05) is 18.2 Å². The number of hydrogen-bond acceptors (Lipinski definition) is 6. The van der Waals surface area contributed by atoms with E-state index in [1.54, 1.807) is 38.5 Å². The van der Waals surface area contributed by atoms with E-state index in [1.165, 1.54) is 23.8 Å². The lowest BCUT2D eigenvalue weighted by molar-refractivity contribution is -0.146. The van der Waals surface area contributed by atoms with Crippen molar-refractivity contribution >= 4 is 35.2 Å². The van der Waals surface area contributed by atoms with E-state index in [-0.39, 0.29) is 24.7 Å². The Morgan fingerprint density at radius 1 is 1.00 bits per heavy atom. The summed E-state index contributed by atoms with van der Waals surface area (Å²) in [6.07, 6.45) is 0. The summed E-state index contributed by atoms with van der Waals surface area (Å²) in [6.45, 7) is 0.103. The van der Waals surface area contributed by atoms with Gasteiger partial charge >= 0.3 is 5.97 Å². The third-order valence-corrected chi connectivity index (χ3v) is 5.29. The Labute approximate surface area is 180 Å². The van der Waals surface area contributed by atoms with Gasteiger partial charge in [-0.1, -0.05) is 23.7 Å². The highest BCUT2D eigenvalue weighted by molar-refractivity contribution is 7.99. The maximum absolute atomic E-state index is 12.8. The summed E-state index contributed by atoms with van der Waals surface area (Å²) < 4.78 is 15.3. The van der Waals surface area contributed by atoms with Crippen LogP contribution in [0.1, 0.15) is 11.1 Å². The first-order valence-electron chi connectivity index (χ1n) is 8.84. The molecule has 0 saturated carbocycles. The van der Waals surface area contributed by atoms with E-state index in [0.717, 1.165) is 11.1 Å². The number of carbonyl (C=O) groups is 2. The monoisotopic (exact) mass is 437 g/mol. The predicted molar refractivity (Wildman–Crippen MR) is 115 cm³/mol.